The summed E-state index contributed by atoms with van der Waals surface area (Å²) < 4.78 is 7.63. The van der Waals surface area contributed by atoms with Gasteiger partial charge in [0.25, 0.3) is 11.6 Å². The van der Waals surface area contributed by atoms with Crippen LogP contribution in [-0.2, 0) is 6.61 Å². The Morgan fingerprint density at radius 1 is 1.05 bits per heavy atom. The molecule has 5 aromatic rings. The average Bonchev–Trinajstić information content (AvgIpc) is 3.46. The molecule has 43 heavy (non-hydrogen) atoms. The summed E-state index contributed by atoms with van der Waals surface area (Å²) in [5.74, 6) is 0.328. The number of nitro benzene ring substituents is 1. The fraction of sp³-hybridized carbons (Fsp3) is 0.0333. The van der Waals surface area contributed by atoms with Gasteiger partial charge in [-0.15, -0.1) is 11.3 Å². The SMILES string of the molecule is O=C(N/N=C\c1cc(I)c(OCc2cccc([N+](=O)[O-])c2)c(I)c1)c1ccc(-c2csc(Nc3ccc(Cl)cc3)n2)cc1. The lowest BCUT2D eigenvalue weighted by molar-refractivity contribution is -0.384. The minimum atomic E-state index is -0.431. The highest BCUT2D eigenvalue weighted by Crippen LogP contribution is 2.30. The highest BCUT2D eigenvalue weighted by atomic mass is 127. The molecule has 2 N–H and O–H groups in total. The molecule has 5 rings (SSSR count). The van der Waals surface area contributed by atoms with Crippen LogP contribution in [0.25, 0.3) is 11.3 Å². The van der Waals surface area contributed by atoms with Gasteiger partial charge in [0.15, 0.2) is 5.13 Å². The van der Waals surface area contributed by atoms with Crippen molar-refractivity contribution in [2.75, 3.05) is 5.32 Å². The van der Waals surface area contributed by atoms with Gasteiger partial charge >= 0.3 is 0 Å². The van der Waals surface area contributed by atoms with Crippen molar-refractivity contribution >= 4 is 96.7 Å². The number of carbonyl (C=O) groups excluding carboxylic acids is 1. The van der Waals surface area contributed by atoms with Crippen molar-refractivity contribution in [3.63, 3.8) is 0 Å². The number of hydrogen-bond acceptors (Lipinski definition) is 8. The second-order valence-electron chi connectivity index (χ2n) is 8.98. The maximum atomic E-state index is 12.7. The van der Waals surface area contributed by atoms with Crippen LogP contribution in [0, 0.1) is 17.3 Å². The smallest absolute Gasteiger partial charge is 0.271 e. The van der Waals surface area contributed by atoms with Gasteiger partial charge in [-0.2, -0.15) is 5.10 Å². The molecule has 4 aromatic carbocycles. The van der Waals surface area contributed by atoms with Gasteiger partial charge in [0.2, 0.25) is 0 Å². The first-order chi connectivity index (χ1) is 20.7. The van der Waals surface area contributed by atoms with Gasteiger partial charge in [-0.3, -0.25) is 14.9 Å². The van der Waals surface area contributed by atoms with Crippen LogP contribution in [0.3, 0.4) is 0 Å². The minimum Gasteiger partial charge on any atom is -0.487 e. The number of halogens is 3. The molecule has 0 atom stereocenters. The molecule has 0 bridgehead atoms. The third kappa shape index (κ3) is 8.28. The summed E-state index contributed by atoms with van der Waals surface area (Å²) in [5.41, 5.74) is 7.10. The van der Waals surface area contributed by atoms with E-state index in [0.717, 1.165) is 34.8 Å². The van der Waals surface area contributed by atoms with Gasteiger partial charge in [0, 0.05) is 39.3 Å². The quantitative estimate of drug-likeness (QED) is 0.0630. The van der Waals surface area contributed by atoms with Crippen molar-refractivity contribution < 1.29 is 14.5 Å². The van der Waals surface area contributed by atoms with Crippen molar-refractivity contribution in [3.05, 3.63) is 129 Å². The molecule has 9 nitrogen and oxygen atoms in total. The summed E-state index contributed by atoms with van der Waals surface area (Å²) in [5, 5.41) is 21.8. The molecule has 0 aliphatic heterocycles. The van der Waals surface area contributed by atoms with Gasteiger partial charge in [-0.05, 0) is 105 Å². The lowest BCUT2D eigenvalue weighted by atomic mass is 10.1. The number of nitrogens with zero attached hydrogens (tertiary/aromatic N) is 3. The topological polar surface area (TPSA) is 119 Å². The van der Waals surface area contributed by atoms with E-state index in [-0.39, 0.29) is 18.2 Å². The molecule has 0 fully saturated rings. The molecule has 1 aromatic heterocycles. The number of anilines is 2. The Bertz CT molecular complexity index is 1790. The van der Waals surface area contributed by atoms with Gasteiger partial charge in [-0.1, -0.05) is 35.9 Å². The molecule has 1 heterocycles. The highest BCUT2D eigenvalue weighted by Gasteiger charge is 2.12. The van der Waals surface area contributed by atoms with Crippen LogP contribution < -0.4 is 15.5 Å². The standard InChI is InChI=1S/C30H20ClI2N5O4S/c31-22-8-10-23(11-9-22)35-30-36-27(17-43-30)20-4-6-21(7-5-20)29(39)37-34-15-19-13-25(32)28(26(33)14-19)42-16-18-2-1-3-24(12-18)38(40)41/h1-15,17H,16H2,(H,35,36)(H,37,39)/b34-15-. The number of rotatable bonds is 10. The number of hydrogen-bond donors (Lipinski definition) is 2. The molecule has 0 unspecified atom stereocenters. The second kappa shape index (κ2) is 14.2. The summed E-state index contributed by atoms with van der Waals surface area (Å²) >= 11 is 11.8. The number of amides is 1. The van der Waals surface area contributed by atoms with Crippen molar-refractivity contribution in [3.8, 4) is 17.0 Å². The number of nitrogens with one attached hydrogen (secondary N) is 2. The lowest BCUT2D eigenvalue weighted by Gasteiger charge is -2.11. The van der Waals surface area contributed by atoms with Crippen LogP contribution in [0.4, 0.5) is 16.5 Å². The Kier molecular flexibility index (Phi) is 10.2. The number of hydrazone groups is 1. The van der Waals surface area contributed by atoms with Crippen LogP contribution in [0.15, 0.2) is 95.4 Å². The maximum absolute atomic E-state index is 12.7. The number of carbonyl (C=O) groups is 1. The van der Waals surface area contributed by atoms with E-state index in [9.17, 15) is 14.9 Å². The fourth-order valence-electron chi connectivity index (χ4n) is 3.85. The van der Waals surface area contributed by atoms with Crippen LogP contribution in [-0.4, -0.2) is 22.0 Å². The van der Waals surface area contributed by atoms with Crippen LogP contribution in [0.5, 0.6) is 5.75 Å². The fourth-order valence-corrected chi connectivity index (χ4v) is 6.84. The Labute approximate surface area is 282 Å². The molecule has 216 valence electrons. The first kappa shape index (κ1) is 30.8. The molecular weight excluding hydrogens is 816 g/mol. The molecule has 0 radical (unpaired) electrons. The summed E-state index contributed by atoms with van der Waals surface area (Å²) in [4.78, 5) is 27.9. The summed E-state index contributed by atoms with van der Waals surface area (Å²) in [6.07, 6.45) is 1.56. The summed E-state index contributed by atoms with van der Waals surface area (Å²) in [6.45, 7) is 0.194. The zero-order valence-corrected chi connectivity index (χ0v) is 27.8. The Hall–Kier alpha value is -3.60. The van der Waals surface area contributed by atoms with Gasteiger partial charge in [0.05, 0.1) is 24.0 Å². The molecule has 0 spiro atoms. The third-order valence-electron chi connectivity index (χ3n) is 5.95. The number of ether oxygens (including phenoxy) is 1. The largest absolute Gasteiger partial charge is 0.487 e. The third-order valence-corrected chi connectivity index (χ3v) is 8.56. The predicted molar refractivity (Wildman–Crippen MR) is 187 cm³/mol. The predicted octanol–water partition coefficient (Wildman–Crippen LogP) is 8.67. The zero-order valence-electron chi connectivity index (χ0n) is 22.0. The Morgan fingerprint density at radius 3 is 2.47 bits per heavy atom. The molecule has 0 saturated heterocycles. The van der Waals surface area contributed by atoms with E-state index >= 15 is 0 Å². The normalized spacial score (nSPS) is 11.0. The van der Waals surface area contributed by atoms with E-state index < -0.39 is 4.92 Å². The van der Waals surface area contributed by atoms with Crippen molar-refractivity contribution in [1.82, 2.24) is 10.4 Å². The van der Waals surface area contributed by atoms with E-state index in [0.29, 0.717) is 21.9 Å². The number of benzene rings is 4. The summed E-state index contributed by atoms with van der Waals surface area (Å²) in [7, 11) is 0. The second-order valence-corrected chi connectivity index (χ2v) is 12.6. The Morgan fingerprint density at radius 2 is 1.77 bits per heavy atom. The Balaban J connectivity index is 1.16. The first-order valence-corrected chi connectivity index (χ1v) is 15.9. The zero-order chi connectivity index (χ0) is 30.3. The van der Waals surface area contributed by atoms with E-state index in [1.54, 1.807) is 30.5 Å². The van der Waals surface area contributed by atoms with Crippen LogP contribution >= 0.6 is 68.1 Å². The summed E-state index contributed by atoms with van der Waals surface area (Å²) in [6, 6.07) is 24.6. The molecule has 0 saturated carbocycles. The average molecular weight is 836 g/mol. The van der Waals surface area contributed by atoms with Crippen molar-refractivity contribution in [2.45, 2.75) is 6.61 Å². The molecule has 0 aliphatic rings. The van der Waals surface area contributed by atoms with Crippen molar-refractivity contribution in [2.24, 2.45) is 5.10 Å². The van der Waals surface area contributed by atoms with Gasteiger partial charge in [-0.25, -0.2) is 10.4 Å². The molecule has 1 amide bonds. The van der Waals surface area contributed by atoms with E-state index in [4.69, 9.17) is 16.3 Å². The van der Waals surface area contributed by atoms with E-state index in [2.05, 4.69) is 66.0 Å². The van der Waals surface area contributed by atoms with Gasteiger partial charge < -0.3 is 10.1 Å². The molecule has 0 aliphatic carbocycles. The minimum absolute atomic E-state index is 0.0202. The number of non-ortho nitro benzene ring substituents is 1. The highest BCUT2D eigenvalue weighted by molar-refractivity contribution is 14.1. The van der Waals surface area contributed by atoms with Crippen molar-refractivity contribution in [1.29, 1.82) is 0 Å². The van der Waals surface area contributed by atoms with E-state index in [1.165, 1.54) is 23.5 Å². The van der Waals surface area contributed by atoms with E-state index in [1.807, 2.05) is 53.9 Å². The number of nitro groups is 1. The number of thiazole rings is 1. The maximum Gasteiger partial charge on any atom is 0.271 e. The molecule has 13 heteroatoms. The van der Waals surface area contributed by atoms with Gasteiger partial charge in [0.1, 0.15) is 12.4 Å². The monoisotopic (exact) mass is 835 g/mol. The lowest BCUT2D eigenvalue weighted by Crippen LogP contribution is -2.17. The van der Waals surface area contributed by atoms with Crippen LogP contribution in [0.1, 0.15) is 21.5 Å². The molecular formula is C30H20ClI2N5O4S. The first-order valence-electron chi connectivity index (χ1n) is 12.5. The number of aromatic nitrogens is 1. The van der Waals surface area contributed by atoms with Crippen LogP contribution in [0.2, 0.25) is 5.02 Å².